The number of rotatable bonds is 8. The van der Waals surface area contributed by atoms with Crippen LogP contribution in [0.15, 0.2) is 0 Å². The summed E-state index contributed by atoms with van der Waals surface area (Å²) in [4.78, 5) is 0. The van der Waals surface area contributed by atoms with Crippen LogP contribution >= 0.6 is 0 Å². The number of hydrogen-bond donors (Lipinski definition) is 3. The average molecular weight is 319 g/mol. The van der Waals surface area contributed by atoms with Crippen molar-refractivity contribution in [2.45, 2.75) is 51.2 Å². The Balaban J connectivity index is 5.94. The first kappa shape index (κ1) is 18.7. The maximum Gasteiger partial charge on any atom is 0.397 e. The van der Waals surface area contributed by atoms with E-state index in [-0.39, 0.29) is 19.3 Å². The van der Waals surface area contributed by atoms with Crippen LogP contribution in [0.4, 0.5) is 0 Å². The Labute approximate surface area is 114 Å². The number of nitrogens with two attached hydrogens (primary N) is 1. The SMILES string of the molecule is CCC(N)(CC)C(CC)(CS(=O)(=O)O)OS(=O)(=O)O. The highest BCUT2D eigenvalue weighted by atomic mass is 32.3. The van der Waals surface area contributed by atoms with Gasteiger partial charge in [0.1, 0.15) is 11.4 Å². The van der Waals surface area contributed by atoms with Gasteiger partial charge in [-0.2, -0.15) is 16.8 Å². The third-order valence-electron chi connectivity index (χ3n) is 3.42. The normalized spacial score (nSPS) is 17.2. The molecule has 0 bridgehead atoms. The fourth-order valence-electron chi connectivity index (χ4n) is 2.15. The van der Waals surface area contributed by atoms with Crippen molar-refractivity contribution in [1.29, 1.82) is 0 Å². The average Bonchev–Trinajstić information content (AvgIpc) is 2.22. The lowest BCUT2D eigenvalue weighted by molar-refractivity contribution is -0.00381. The van der Waals surface area contributed by atoms with E-state index in [2.05, 4.69) is 4.18 Å². The molecule has 116 valence electrons. The fourth-order valence-corrected chi connectivity index (χ4v) is 4.11. The largest absolute Gasteiger partial charge is 0.397 e. The quantitative estimate of drug-likeness (QED) is 0.544. The number of hydrogen-bond acceptors (Lipinski definition) is 6. The maximum absolute atomic E-state index is 11.1. The van der Waals surface area contributed by atoms with Crippen molar-refractivity contribution < 1.29 is 30.1 Å². The molecular formula is C9H21NO7S2. The summed E-state index contributed by atoms with van der Waals surface area (Å²) in [5.41, 5.74) is 2.75. The van der Waals surface area contributed by atoms with E-state index in [0.717, 1.165) is 0 Å². The smallest absolute Gasteiger partial charge is 0.323 e. The minimum atomic E-state index is -4.93. The van der Waals surface area contributed by atoms with Crippen LogP contribution in [0.3, 0.4) is 0 Å². The Bertz CT molecular complexity index is 459. The molecule has 0 saturated heterocycles. The van der Waals surface area contributed by atoms with E-state index < -0.39 is 37.4 Å². The van der Waals surface area contributed by atoms with E-state index in [1.807, 2.05) is 0 Å². The minimum absolute atomic E-state index is 0.120. The van der Waals surface area contributed by atoms with Crippen LogP contribution < -0.4 is 5.73 Å². The standard InChI is InChI=1S/C9H21NO7S2/c1-4-8(10,5-2)9(6-3,7-18(11,12)13)17-19(14,15)16/h4-7,10H2,1-3H3,(H,11,12,13)(H,14,15,16). The van der Waals surface area contributed by atoms with Crippen molar-refractivity contribution in [3.63, 3.8) is 0 Å². The lowest BCUT2D eigenvalue weighted by atomic mass is 9.76. The molecule has 1 unspecified atom stereocenters. The molecule has 0 aliphatic carbocycles. The van der Waals surface area contributed by atoms with Gasteiger partial charge in [-0.15, -0.1) is 0 Å². The van der Waals surface area contributed by atoms with Crippen molar-refractivity contribution in [2.24, 2.45) is 5.73 Å². The highest BCUT2D eigenvalue weighted by molar-refractivity contribution is 7.86. The molecule has 0 aromatic rings. The van der Waals surface area contributed by atoms with Gasteiger partial charge in [0, 0.05) is 5.54 Å². The predicted molar refractivity (Wildman–Crippen MR) is 69.6 cm³/mol. The molecule has 0 fully saturated rings. The molecule has 0 aromatic heterocycles. The van der Waals surface area contributed by atoms with Crippen LogP contribution in [-0.4, -0.2) is 42.8 Å². The summed E-state index contributed by atoms with van der Waals surface area (Å²) in [6, 6.07) is 0. The third kappa shape index (κ3) is 4.97. The lowest BCUT2D eigenvalue weighted by Crippen LogP contribution is -2.64. The van der Waals surface area contributed by atoms with Gasteiger partial charge in [0.2, 0.25) is 0 Å². The molecule has 0 saturated carbocycles. The topological polar surface area (TPSA) is 144 Å². The molecular weight excluding hydrogens is 298 g/mol. The predicted octanol–water partition coefficient (Wildman–Crippen LogP) is 0.360. The van der Waals surface area contributed by atoms with Gasteiger partial charge in [-0.05, 0) is 19.3 Å². The summed E-state index contributed by atoms with van der Waals surface area (Å²) in [6.07, 6.45) is 0.273. The zero-order valence-corrected chi connectivity index (χ0v) is 12.8. The van der Waals surface area contributed by atoms with Gasteiger partial charge in [-0.1, -0.05) is 20.8 Å². The Morgan fingerprint density at radius 2 is 1.42 bits per heavy atom. The molecule has 0 aliphatic heterocycles. The zero-order chi connectivity index (χ0) is 15.5. The minimum Gasteiger partial charge on any atom is -0.323 e. The van der Waals surface area contributed by atoms with Crippen LogP contribution in [0, 0.1) is 0 Å². The molecule has 4 N–H and O–H groups in total. The molecule has 0 aliphatic rings. The Morgan fingerprint density at radius 3 is 1.63 bits per heavy atom. The summed E-state index contributed by atoms with van der Waals surface area (Å²) in [7, 11) is -9.48. The highest BCUT2D eigenvalue weighted by Crippen LogP contribution is 2.36. The lowest BCUT2D eigenvalue weighted by Gasteiger charge is -2.45. The molecule has 0 rings (SSSR count). The van der Waals surface area contributed by atoms with Crippen molar-refractivity contribution in [2.75, 3.05) is 5.75 Å². The van der Waals surface area contributed by atoms with Crippen molar-refractivity contribution in [3.05, 3.63) is 0 Å². The first-order chi connectivity index (χ1) is 8.35. The van der Waals surface area contributed by atoms with Crippen LogP contribution in [-0.2, 0) is 24.7 Å². The van der Waals surface area contributed by atoms with Crippen LogP contribution in [0.2, 0.25) is 0 Å². The van der Waals surface area contributed by atoms with Gasteiger partial charge in [0.25, 0.3) is 10.1 Å². The van der Waals surface area contributed by atoms with E-state index >= 15 is 0 Å². The van der Waals surface area contributed by atoms with Gasteiger partial charge in [-0.25, -0.2) is 4.18 Å². The van der Waals surface area contributed by atoms with Crippen molar-refractivity contribution >= 4 is 20.5 Å². The second-order valence-electron chi connectivity index (χ2n) is 4.45. The van der Waals surface area contributed by atoms with Crippen LogP contribution in [0.1, 0.15) is 40.0 Å². The molecule has 0 radical (unpaired) electrons. The molecule has 10 heteroatoms. The van der Waals surface area contributed by atoms with Crippen molar-refractivity contribution in [3.8, 4) is 0 Å². The summed E-state index contributed by atoms with van der Waals surface area (Å²) in [6.45, 7) is 4.72. The van der Waals surface area contributed by atoms with Gasteiger partial charge >= 0.3 is 10.4 Å². The molecule has 1 atom stereocenters. The first-order valence-electron chi connectivity index (χ1n) is 5.77. The Morgan fingerprint density at radius 1 is 1.00 bits per heavy atom. The summed E-state index contributed by atoms with van der Waals surface area (Å²) < 4.78 is 66.6. The van der Waals surface area contributed by atoms with Gasteiger partial charge in [0.05, 0.1) is 0 Å². The molecule has 0 heterocycles. The first-order valence-corrected chi connectivity index (χ1v) is 8.74. The third-order valence-corrected chi connectivity index (χ3v) is 4.78. The summed E-state index contributed by atoms with van der Waals surface area (Å²) in [5, 5.41) is 0. The van der Waals surface area contributed by atoms with Crippen LogP contribution in [0.5, 0.6) is 0 Å². The monoisotopic (exact) mass is 319 g/mol. The second-order valence-corrected chi connectivity index (χ2v) is 6.92. The molecule has 19 heavy (non-hydrogen) atoms. The van der Waals surface area contributed by atoms with E-state index in [4.69, 9.17) is 14.8 Å². The summed E-state index contributed by atoms with van der Waals surface area (Å²) in [5.74, 6) is -1.02. The fraction of sp³-hybridized carbons (Fsp3) is 1.00. The van der Waals surface area contributed by atoms with Crippen LogP contribution in [0.25, 0.3) is 0 Å². The van der Waals surface area contributed by atoms with Crippen molar-refractivity contribution in [1.82, 2.24) is 0 Å². The molecule has 0 spiro atoms. The Hall–Kier alpha value is -0.260. The van der Waals surface area contributed by atoms with Gasteiger partial charge in [-0.3, -0.25) is 9.11 Å². The van der Waals surface area contributed by atoms with E-state index in [1.54, 1.807) is 13.8 Å². The summed E-state index contributed by atoms with van der Waals surface area (Å²) >= 11 is 0. The maximum atomic E-state index is 11.1. The van der Waals surface area contributed by atoms with E-state index in [1.165, 1.54) is 6.92 Å². The van der Waals surface area contributed by atoms with Gasteiger partial charge < -0.3 is 5.73 Å². The second kappa shape index (κ2) is 6.02. The molecule has 0 aromatic carbocycles. The van der Waals surface area contributed by atoms with Gasteiger partial charge in [0.15, 0.2) is 0 Å². The van der Waals surface area contributed by atoms with E-state index in [0.29, 0.717) is 0 Å². The highest BCUT2D eigenvalue weighted by Gasteiger charge is 2.52. The Kier molecular flexibility index (Phi) is 5.94. The molecule has 8 nitrogen and oxygen atoms in total. The van der Waals surface area contributed by atoms with E-state index in [9.17, 15) is 16.8 Å². The molecule has 0 amide bonds. The zero-order valence-electron chi connectivity index (χ0n) is 11.2.